The average Bonchev–Trinajstić information content (AvgIpc) is 2.72. The average molecular weight is 347 g/mol. The van der Waals surface area contributed by atoms with E-state index in [0.29, 0.717) is 13.2 Å². The van der Waals surface area contributed by atoms with Crippen LogP contribution in [0.25, 0.3) is 0 Å². The maximum atomic E-state index is 6.12. The van der Waals surface area contributed by atoms with E-state index in [0.717, 1.165) is 22.6 Å². The Morgan fingerprint density at radius 2 is 1.54 bits per heavy atom. The predicted octanol–water partition coefficient (Wildman–Crippen LogP) is 5.13. The monoisotopic (exact) mass is 347 g/mol. The fourth-order valence-corrected chi connectivity index (χ4v) is 2.88. The Labute approximate surface area is 155 Å². The molecule has 0 saturated heterocycles. The highest BCUT2D eigenvalue weighted by Gasteiger charge is 2.12. The van der Waals surface area contributed by atoms with Crippen molar-refractivity contribution in [1.82, 2.24) is 5.32 Å². The van der Waals surface area contributed by atoms with Crippen LogP contribution in [0.15, 0.2) is 78.9 Å². The van der Waals surface area contributed by atoms with Gasteiger partial charge in [-0.1, -0.05) is 72.8 Å². The molecule has 3 aromatic carbocycles. The molecule has 134 valence electrons. The van der Waals surface area contributed by atoms with Crippen LogP contribution in [0.3, 0.4) is 0 Å². The van der Waals surface area contributed by atoms with Crippen LogP contribution in [0.4, 0.5) is 0 Å². The summed E-state index contributed by atoms with van der Waals surface area (Å²) >= 11 is 0. The molecule has 0 aromatic heterocycles. The van der Waals surface area contributed by atoms with Crippen molar-refractivity contribution in [3.8, 4) is 11.5 Å². The number of benzene rings is 3. The second-order valence-corrected chi connectivity index (χ2v) is 6.24. The zero-order valence-corrected chi connectivity index (χ0v) is 15.3. The van der Waals surface area contributed by atoms with Gasteiger partial charge in [0, 0.05) is 18.2 Å². The topological polar surface area (TPSA) is 30.5 Å². The summed E-state index contributed by atoms with van der Waals surface area (Å²) in [6.07, 6.45) is 0. The molecule has 0 unspecified atom stereocenters. The smallest absolute Gasteiger partial charge is 0.166 e. The summed E-state index contributed by atoms with van der Waals surface area (Å²) in [6.45, 7) is 3.39. The third-order valence-corrected chi connectivity index (χ3v) is 4.40. The Bertz CT molecular complexity index is 803. The lowest BCUT2D eigenvalue weighted by atomic mass is 10.1. The number of ether oxygens (including phenoxy) is 2. The standard InChI is InChI=1S/C23H25NO2/c1-18(20-12-7-4-8-13-20)24-16-21-14-9-15-22(25-2)23(21)26-17-19-10-5-3-6-11-19/h3-15,18,24H,16-17H2,1-2H3/t18-/m0/s1. The molecule has 0 fully saturated rings. The van der Waals surface area contributed by atoms with Crippen LogP contribution >= 0.6 is 0 Å². The van der Waals surface area contributed by atoms with E-state index in [1.54, 1.807) is 7.11 Å². The Kier molecular flexibility index (Phi) is 6.29. The number of rotatable bonds is 8. The van der Waals surface area contributed by atoms with Gasteiger partial charge < -0.3 is 14.8 Å². The van der Waals surface area contributed by atoms with Crippen molar-refractivity contribution >= 4 is 0 Å². The van der Waals surface area contributed by atoms with Gasteiger partial charge in [-0.2, -0.15) is 0 Å². The molecule has 0 heterocycles. The second kappa shape index (κ2) is 9.07. The van der Waals surface area contributed by atoms with Gasteiger partial charge in [-0.25, -0.2) is 0 Å². The highest BCUT2D eigenvalue weighted by molar-refractivity contribution is 5.46. The molecule has 0 amide bonds. The highest BCUT2D eigenvalue weighted by atomic mass is 16.5. The van der Waals surface area contributed by atoms with Crippen molar-refractivity contribution in [3.63, 3.8) is 0 Å². The van der Waals surface area contributed by atoms with Gasteiger partial charge in [0.25, 0.3) is 0 Å². The number of hydrogen-bond donors (Lipinski definition) is 1. The molecule has 0 saturated carbocycles. The van der Waals surface area contributed by atoms with E-state index in [1.165, 1.54) is 5.56 Å². The molecule has 0 spiro atoms. The van der Waals surface area contributed by atoms with E-state index in [9.17, 15) is 0 Å². The summed E-state index contributed by atoms with van der Waals surface area (Å²) in [5.74, 6) is 1.55. The van der Waals surface area contributed by atoms with Gasteiger partial charge in [-0.15, -0.1) is 0 Å². The summed E-state index contributed by atoms with van der Waals surface area (Å²) < 4.78 is 11.6. The van der Waals surface area contributed by atoms with E-state index < -0.39 is 0 Å². The predicted molar refractivity (Wildman–Crippen MR) is 105 cm³/mol. The van der Waals surface area contributed by atoms with Crippen molar-refractivity contribution in [2.45, 2.75) is 26.1 Å². The van der Waals surface area contributed by atoms with Gasteiger partial charge in [0.05, 0.1) is 7.11 Å². The number of hydrogen-bond acceptors (Lipinski definition) is 3. The molecule has 0 radical (unpaired) electrons. The van der Waals surface area contributed by atoms with Crippen LogP contribution in [-0.2, 0) is 13.2 Å². The molecule has 0 aliphatic carbocycles. The minimum absolute atomic E-state index is 0.254. The zero-order valence-electron chi connectivity index (χ0n) is 15.3. The summed E-state index contributed by atoms with van der Waals surface area (Å²) in [5, 5.41) is 3.57. The number of methoxy groups -OCH3 is 1. The normalized spacial score (nSPS) is 11.8. The maximum absolute atomic E-state index is 6.12. The van der Waals surface area contributed by atoms with E-state index in [4.69, 9.17) is 9.47 Å². The maximum Gasteiger partial charge on any atom is 0.166 e. The van der Waals surface area contributed by atoms with Gasteiger partial charge >= 0.3 is 0 Å². The fourth-order valence-electron chi connectivity index (χ4n) is 2.88. The Hall–Kier alpha value is -2.78. The quantitative estimate of drug-likeness (QED) is 0.613. The van der Waals surface area contributed by atoms with Crippen molar-refractivity contribution in [1.29, 1.82) is 0 Å². The molecular formula is C23H25NO2. The zero-order chi connectivity index (χ0) is 18.2. The molecule has 3 nitrogen and oxygen atoms in total. The molecule has 3 aromatic rings. The minimum Gasteiger partial charge on any atom is -0.493 e. The second-order valence-electron chi connectivity index (χ2n) is 6.24. The van der Waals surface area contributed by atoms with Crippen molar-refractivity contribution in [3.05, 3.63) is 95.6 Å². The molecule has 0 aliphatic heterocycles. The Balaban J connectivity index is 1.72. The Morgan fingerprint density at radius 1 is 0.846 bits per heavy atom. The molecule has 26 heavy (non-hydrogen) atoms. The lowest BCUT2D eigenvalue weighted by Gasteiger charge is -2.18. The minimum atomic E-state index is 0.254. The van der Waals surface area contributed by atoms with E-state index in [2.05, 4.69) is 54.7 Å². The lowest BCUT2D eigenvalue weighted by Crippen LogP contribution is -2.18. The fraction of sp³-hybridized carbons (Fsp3) is 0.217. The first-order valence-electron chi connectivity index (χ1n) is 8.89. The SMILES string of the molecule is COc1cccc(CN[C@@H](C)c2ccccc2)c1OCc1ccccc1. The molecule has 3 heteroatoms. The third kappa shape index (κ3) is 4.64. The van der Waals surface area contributed by atoms with Gasteiger partial charge in [0.1, 0.15) is 6.61 Å². The summed E-state index contributed by atoms with van der Waals surface area (Å²) in [4.78, 5) is 0. The van der Waals surface area contributed by atoms with Gasteiger partial charge in [0.2, 0.25) is 0 Å². The third-order valence-electron chi connectivity index (χ3n) is 4.40. The van der Waals surface area contributed by atoms with Crippen LogP contribution < -0.4 is 14.8 Å². The molecule has 0 bridgehead atoms. The van der Waals surface area contributed by atoms with E-state index >= 15 is 0 Å². The summed E-state index contributed by atoms with van der Waals surface area (Å²) in [7, 11) is 1.68. The molecule has 1 atom stereocenters. The van der Waals surface area contributed by atoms with Crippen molar-refractivity contribution in [2.75, 3.05) is 7.11 Å². The van der Waals surface area contributed by atoms with Gasteiger partial charge in [-0.3, -0.25) is 0 Å². The first-order chi connectivity index (χ1) is 12.8. The van der Waals surface area contributed by atoms with E-state index in [1.807, 2.05) is 36.4 Å². The van der Waals surface area contributed by atoms with Crippen LogP contribution in [0.5, 0.6) is 11.5 Å². The van der Waals surface area contributed by atoms with Crippen LogP contribution in [0.2, 0.25) is 0 Å². The largest absolute Gasteiger partial charge is 0.493 e. The van der Waals surface area contributed by atoms with Crippen LogP contribution in [0, 0.1) is 0 Å². The lowest BCUT2D eigenvalue weighted by molar-refractivity contribution is 0.280. The van der Waals surface area contributed by atoms with Crippen molar-refractivity contribution in [2.24, 2.45) is 0 Å². The molecular weight excluding hydrogens is 322 g/mol. The van der Waals surface area contributed by atoms with Gasteiger partial charge in [-0.05, 0) is 24.1 Å². The first-order valence-corrected chi connectivity index (χ1v) is 8.89. The summed E-state index contributed by atoms with van der Waals surface area (Å²) in [5.41, 5.74) is 3.49. The first kappa shape index (κ1) is 18.0. The Morgan fingerprint density at radius 3 is 2.23 bits per heavy atom. The number of para-hydroxylation sites is 1. The van der Waals surface area contributed by atoms with Crippen molar-refractivity contribution < 1.29 is 9.47 Å². The van der Waals surface area contributed by atoms with E-state index in [-0.39, 0.29) is 6.04 Å². The molecule has 1 N–H and O–H groups in total. The molecule has 0 aliphatic rings. The summed E-state index contributed by atoms with van der Waals surface area (Å²) in [6, 6.07) is 26.9. The van der Waals surface area contributed by atoms with Crippen LogP contribution in [-0.4, -0.2) is 7.11 Å². The van der Waals surface area contributed by atoms with Gasteiger partial charge in [0.15, 0.2) is 11.5 Å². The van der Waals surface area contributed by atoms with Crippen LogP contribution in [0.1, 0.15) is 29.7 Å². The molecule has 3 rings (SSSR count). The highest BCUT2D eigenvalue weighted by Crippen LogP contribution is 2.32. The number of nitrogens with one attached hydrogen (secondary N) is 1.